The third-order valence-corrected chi connectivity index (χ3v) is 2.31. The summed E-state index contributed by atoms with van der Waals surface area (Å²) in [7, 11) is 1.50. The Morgan fingerprint density at radius 1 is 1.24 bits per heavy atom. The molecule has 3 N–H and O–H groups in total. The lowest BCUT2D eigenvalue weighted by Gasteiger charge is -2.14. The van der Waals surface area contributed by atoms with Crippen LogP contribution in [0.4, 0.5) is 0 Å². The van der Waals surface area contributed by atoms with Gasteiger partial charge in [0.05, 0.1) is 19.8 Å². The van der Waals surface area contributed by atoms with Gasteiger partial charge in [0.2, 0.25) is 0 Å². The highest BCUT2D eigenvalue weighted by atomic mass is 16.5. The first-order valence-electron chi connectivity index (χ1n) is 5.36. The number of methoxy groups -OCH3 is 1. The van der Waals surface area contributed by atoms with E-state index in [0.29, 0.717) is 11.5 Å². The molecule has 2 unspecified atom stereocenters. The van der Waals surface area contributed by atoms with Crippen molar-refractivity contribution in [2.24, 2.45) is 0 Å². The number of hydrogen-bond donors (Lipinski definition) is 3. The molecule has 1 aromatic rings. The lowest BCUT2D eigenvalue weighted by molar-refractivity contribution is 0.0527. The van der Waals surface area contributed by atoms with Crippen molar-refractivity contribution in [1.82, 2.24) is 0 Å². The average Bonchev–Trinajstić information content (AvgIpc) is 2.35. The van der Waals surface area contributed by atoms with Gasteiger partial charge < -0.3 is 24.8 Å². The molecule has 17 heavy (non-hydrogen) atoms. The summed E-state index contributed by atoms with van der Waals surface area (Å²) in [5, 5.41) is 27.3. The number of hydrogen-bond acceptors (Lipinski definition) is 5. The highest BCUT2D eigenvalue weighted by molar-refractivity contribution is 5.43. The molecule has 0 saturated heterocycles. The van der Waals surface area contributed by atoms with Crippen LogP contribution in [-0.4, -0.2) is 41.7 Å². The Labute approximate surface area is 100 Å². The van der Waals surface area contributed by atoms with Crippen LogP contribution in [0.25, 0.3) is 0 Å². The molecule has 0 aliphatic rings. The fourth-order valence-electron chi connectivity index (χ4n) is 1.30. The molecule has 0 radical (unpaired) electrons. The van der Waals surface area contributed by atoms with Gasteiger partial charge >= 0.3 is 0 Å². The maximum absolute atomic E-state index is 9.42. The summed E-state index contributed by atoms with van der Waals surface area (Å²) in [6.45, 7) is 1.29. The monoisotopic (exact) mass is 242 g/mol. The molecule has 0 fully saturated rings. The van der Waals surface area contributed by atoms with Gasteiger partial charge in [-0.2, -0.15) is 0 Å². The largest absolute Gasteiger partial charge is 0.493 e. The minimum Gasteiger partial charge on any atom is -0.493 e. The molecule has 0 aromatic heterocycles. The van der Waals surface area contributed by atoms with Gasteiger partial charge in [0.15, 0.2) is 11.5 Å². The van der Waals surface area contributed by atoms with Crippen LogP contribution in [0.2, 0.25) is 0 Å². The van der Waals surface area contributed by atoms with Crippen LogP contribution in [-0.2, 0) is 0 Å². The maximum atomic E-state index is 9.42. The van der Waals surface area contributed by atoms with Crippen molar-refractivity contribution in [3.8, 4) is 11.5 Å². The molecule has 1 aromatic carbocycles. The normalized spacial score (nSPS) is 14.2. The first kappa shape index (κ1) is 13.8. The van der Waals surface area contributed by atoms with Crippen molar-refractivity contribution in [3.63, 3.8) is 0 Å². The van der Waals surface area contributed by atoms with Crippen LogP contribution in [0.3, 0.4) is 0 Å². The number of benzene rings is 1. The zero-order valence-corrected chi connectivity index (χ0v) is 9.96. The van der Waals surface area contributed by atoms with E-state index in [1.165, 1.54) is 7.11 Å². The van der Waals surface area contributed by atoms with Gasteiger partial charge in [0, 0.05) is 0 Å². The summed E-state index contributed by atoms with van der Waals surface area (Å²) in [5.41, 5.74) is 0.719. The average molecular weight is 242 g/mol. The third-order valence-electron chi connectivity index (χ3n) is 2.31. The predicted octanol–water partition coefficient (Wildman–Crippen LogP) is 0.480. The summed E-state index contributed by atoms with van der Waals surface area (Å²) in [4.78, 5) is 0. The van der Waals surface area contributed by atoms with Crippen molar-refractivity contribution in [3.05, 3.63) is 23.8 Å². The standard InChI is InChI=1S/C12H18O5/c1-8(14)9-3-4-11(12(5-9)16-2)17-7-10(15)6-13/h3-5,8,10,13-15H,6-7H2,1-2H3. The molecule has 0 bridgehead atoms. The van der Waals surface area contributed by atoms with Crippen molar-refractivity contribution >= 4 is 0 Å². The molecule has 0 saturated carbocycles. The third kappa shape index (κ3) is 3.89. The van der Waals surface area contributed by atoms with E-state index in [1.54, 1.807) is 25.1 Å². The van der Waals surface area contributed by atoms with E-state index in [-0.39, 0.29) is 13.2 Å². The van der Waals surface area contributed by atoms with Crippen LogP contribution in [0.1, 0.15) is 18.6 Å². The Kier molecular flexibility index (Phi) is 5.21. The summed E-state index contributed by atoms with van der Waals surface area (Å²) in [6, 6.07) is 5.05. The maximum Gasteiger partial charge on any atom is 0.161 e. The van der Waals surface area contributed by atoms with Gasteiger partial charge in [-0.15, -0.1) is 0 Å². The van der Waals surface area contributed by atoms with Crippen molar-refractivity contribution in [2.75, 3.05) is 20.3 Å². The lowest BCUT2D eigenvalue weighted by atomic mass is 10.1. The zero-order valence-electron chi connectivity index (χ0n) is 9.96. The molecule has 5 heteroatoms. The Hall–Kier alpha value is -1.30. The van der Waals surface area contributed by atoms with Crippen LogP contribution < -0.4 is 9.47 Å². The van der Waals surface area contributed by atoms with Crippen LogP contribution >= 0.6 is 0 Å². The summed E-state index contributed by atoms with van der Waals surface area (Å²) >= 11 is 0. The van der Waals surface area contributed by atoms with E-state index in [0.717, 1.165) is 5.56 Å². The molecule has 0 heterocycles. The summed E-state index contributed by atoms with van der Waals surface area (Å²) < 4.78 is 10.4. The lowest BCUT2D eigenvalue weighted by Crippen LogP contribution is -2.21. The molecule has 0 spiro atoms. The minimum absolute atomic E-state index is 0.0130. The van der Waals surface area contributed by atoms with Crippen LogP contribution in [0.5, 0.6) is 11.5 Å². The zero-order chi connectivity index (χ0) is 12.8. The van der Waals surface area contributed by atoms with E-state index in [1.807, 2.05) is 0 Å². The molecule has 2 atom stereocenters. The Morgan fingerprint density at radius 3 is 2.47 bits per heavy atom. The van der Waals surface area contributed by atoms with Gasteiger partial charge in [-0.05, 0) is 24.6 Å². The smallest absolute Gasteiger partial charge is 0.161 e. The van der Waals surface area contributed by atoms with Gasteiger partial charge in [-0.1, -0.05) is 6.07 Å². The molecule has 0 aliphatic heterocycles. The molecule has 0 aliphatic carbocycles. The van der Waals surface area contributed by atoms with E-state index < -0.39 is 12.2 Å². The van der Waals surface area contributed by atoms with Crippen molar-refractivity contribution in [2.45, 2.75) is 19.1 Å². The molecular formula is C12H18O5. The number of rotatable bonds is 6. The molecule has 96 valence electrons. The quantitative estimate of drug-likeness (QED) is 0.676. The highest BCUT2D eigenvalue weighted by Gasteiger charge is 2.10. The second kappa shape index (κ2) is 6.44. The number of aliphatic hydroxyl groups excluding tert-OH is 3. The summed E-state index contributed by atoms with van der Waals surface area (Å²) in [6.07, 6.45) is -1.50. The van der Waals surface area contributed by atoms with Crippen LogP contribution in [0, 0.1) is 0 Å². The van der Waals surface area contributed by atoms with Crippen molar-refractivity contribution in [1.29, 1.82) is 0 Å². The van der Waals surface area contributed by atoms with E-state index in [4.69, 9.17) is 19.7 Å². The second-order valence-corrected chi connectivity index (χ2v) is 3.73. The SMILES string of the molecule is COc1cc(C(C)O)ccc1OCC(O)CO. The topological polar surface area (TPSA) is 79.2 Å². The fraction of sp³-hybridized carbons (Fsp3) is 0.500. The molecular weight excluding hydrogens is 224 g/mol. The minimum atomic E-state index is -0.920. The van der Waals surface area contributed by atoms with Crippen LogP contribution in [0.15, 0.2) is 18.2 Å². The Bertz CT molecular complexity index is 351. The van der Waals surface area contributed by atoms with Gasteiger partial charge in [-0.3, -0.25) is 0 Å². The molecule has 1 rings (SSSR count). The first-order chi connectivity index (χ1) is 8.08. The van der Waals surface area contributed by atoms with Gasteiger partial charge in [-0.25, -0.2) is 0 Å². The van der Waals surface area contributed by atoms with E-state index in [2.05, 4.69) is 0 Å². The van der Waals surface area contributed by atoms with E-state index >= 15 is 0 Å². The first-order valence-corrected chi connectivity index (χ1v) is 5.36. The Morgan fingerprint density at radius 2 is 1.94 bits per heavy atom. The van der Waals surface area contributed by atoms with Gasteiger partial charge in [0.1, 0.15) is 12.7 Å². The highest BCUT2D eigenvalue weighted by Crippen LogP contribution is 2.30. The molecule has 0 amide bonds. The Balaban J connectivity index is 2.78. The fourth-order valence-corrected chi connectivity index (χ4v) is 1.30. The van der Waals surface area contributed by atoms with E-state index in [9.17, 15) is 5.11 Å². The second-order valence-electron chi connectivity index (χ2n) is 3.73. The molecule has 5 nitrogen and oxygen atoms in total. The predicted molar refractivity (Wildman–Crippen MR) is 62.2 cm³/mol. The number of ether oxygens (including phenoxy) is 2. The summed E-state index contributed by atoms with van der Waals surface area (Å²) in [5.74, 6) is 0.943. The van der Waals surface area contributed by atoms with Crippen molar-refractivity contribution < 1.29 is 24.8 Å². The van der Waals surface area contributed by atoms with Gasteiger partial charge in [0.25, 0.3) is 0 Å². The number of aliphatic hydroxyl groups is 3.